The van der Waals surface area contributed by atoms with Crippen molar-refractivity contribution >= 4 is 5.91 Å². The van der Waals surface area contributed by atoms with Gasteiger partial charge in [-0.1, -0.05) is 0 Å². The maximum absolute atomic E-state index is 11.4. The van der Waals surface area contributed by atoms with Crippen LogP contribution in [0.5, 0.6) is 0 Å². The monoisotopic (exact) mass is 182 g/mol. The first-order valence-corrected chi connectivity index (χ1v) is 5.31. The number of amides is 1. The fourth-order valence-electron chi connectivity index (χ4n) is 1.98. The van der Waals surface area contributed by atoms with E-state index in [0.29, 0.717) is 6.04 Å². The zero-order valence-corrected chi connectivity index (χ0v) is 8.18. The molecule has 3 heteroatoms. The lowest BCUT2D eigenvalue weighted by Crippen LogP contribution is -2.51. The van der Waals surface area contributed by atoms with Crippen molar-refractivity contribution in [3.05, 3.63) is 0 Å². The molecule has 74 valence electrons. The summed E-state index contributed by atoms with van der Waals surface area (Å²) in [5, 5.41) is 6.31. The van der Waals surface area contributed by atoms with Crippen molar-refractivity contribution < 1.29 is 4.79 Å². The topological polar surface area (TPSA) is 41.1 Å². The van der Waals surface area contributed by atoms with Crippen LogP contribution in [-0.4, -0.2) is 24.5 Å². The Morgan fingerprint density at radius 3 is 2.85 bits per heavy atom. The van der Waals surface area contributed by atoms with Crippen LogP contribution in [0, 0.1) is 5.92 Å². The molecule has 0 spiro atoms. The molecule has 1 heterocycles. The molecule has 0 aromatic heterocycles. The molecule has 2 N–H and O–H groups in total. The maximum Gasteiger partial charge on any atom is 0.237 e. The largest absolute Gasteiger partial charge is 0.355 e. The molecule has 1 saturated heterocycles. The molecule has 3 nitrogen and oxygen atoms in total. The summed E-state index contributed by atoms with van der Waals surface area (Å²) in [4.78, 5) is 11.4. The molecule has 1 aliphatic heterocycles. The van der Waals surface area contributed by atoms with Gasteiger partial charge in [0.05, 0.1) is 6.04 Å². The quantitative estimate of drug-likeness (QED) is 0.673. The number of hydrogen-bond donors (Lipinski definition) is 2. The van der Waals surface area contributed by atoms with Crippen molar-refractivity contribution in [2.24, 2.45) is 5.92 Å². The minimum absolute atomic E-state index is 0.0735. The fourth-order valence-corrected chi connectivity index (χ4v) is 1.98. The summed E-state index contributed by atoms with van der Waals surface area (Å²) in [6.07, 6.45) is 4.79. The van der Waals surface area contributed by atoms with Crippen LogP contribution < -0.4 is 10.6 Å². The summed E-state index contributed by atoms with van der Waals surface area (Å²) in [6, 6.07) is 0.596. The zero-order chi connectivity index (χ0) is 9.26. The minimum Gasteiger partial charge on any atom is -0.355 e. The fraction of sp³-hybridized carbons (Fsp3) is 0.900. The van der Waals surface area contributed by atoms with Gasteiger partial charge in [0.15, 0.2) is 0 Å². The van der Waals surface area contributed by atoms with E-state index >= 15 is 0 Å². The number of carbonyl (C=O) groups excluding carboxylic acids is 1. The summed E-state index contributed by atoms with van der Waals surface area (Å²) in [5.74, 6) is 1.02. The molecular weight excluding hydrogens is 164 g/mol. The second-order valence-electron chi connectivity index (χ2n) is 4.28. The Labute approximate surface area is 79.3 Å². The molecule has 0 aromatic carbocycles. The smallest absolute Gasteiger partial charge is 0.237 e. The van der Waals surface area contributed by atoms with E-state index in [4.69, 9.17) is 0 Å². The van der Waals surface area contributed by atoms with Crippen LogP contribution in [0.1, 0.15) is 32.6 Å². The molecule has 2 unspecified atom stereocenters. The highest BCUT2D eigenvalue weighted by molar-refractivity contribution is 5.82. The third kappa shape index (κ3) is 2.21. The van der Waals surface area contributed by atoms with Crippen molar-refractivity contribution in [2.45, 2.75) is 44.7 Å². The second kappa shape index (κ2) is 3.66. The lowest BCUT2D eigenvalue weighted by molar-refractivity contribution is -0.124. The van der Waals surface area contributed by atoms with Gasteiger partial charge in [0.25, 0.3) is 0 Å². The Hall–Kier alpha value is -0.570. The Kier molecular flexibility index (Phi) is 2.54. The first-order chi connectivity index (χ1) is 6.27. The molecule has 2 rings (SSSR count). The third-order valence-electron chi connectivity index (χ3n) is 3.08. The predicted molar refractivity (Wildman–Crippen MR) is 51.4 cm³/mol. The van der Waals surface area contributed by atoms with E-state index < -0.39 is 0 Å². The molecule has 1 saturated carbocycles. The highest BCUT2D eigenvalue weighted by atomic mass is 16.2. The van der Waals surface area contributed by atoms with E-state index in [2.05, 4.69) is 17.6 Å². The highest BCUT2D eigenvalue weighted by Gasteiger charge is 2.31. The van der Waals surface area contributed by atoms with Gasteiger partial charge in [-0.15, -0.1) is 0 Å². The van der Waals surface area contributed by atoms with Gasteiger partial charge < -0.3 is 10.6 Å². The van der Waals surface area contributed by atoms with Crippen LogP contribution >= 0.6 is 0 Å². The van der Waals surface area contributed by atoms with E-state index in [1.54, 1.807) is 0 Å². The van der Waals surface area contributed by atoms with Crippen molar-refractivity contribution in [1.82, 2.24) is 10.6 Å². The molecule has 1 amide bonds. The van der Waals surface area contributed by atoms with Gasteiger partial charge >= 0.3 is 0 Å². The minimum atomic E-state index is 0.0735. The summed E-state index contributed by atoms with van der Waals surface area (Å²) in [7, 11) is 0. The van der Waals surface area contributed by atoms with E-state index in [0.717, 1.165) is 25.3 Å². The standard InChI is InChI=1S/C10H18N2O/c1-7(8-4-5-8)12-9-3-2-6-11-10(9)13/h7-9,12H,2-6H2,1H3,(H,11,13). The lowest BCUT2D eigenvalue weighted by Gasteiger charge is -2.26. The molecule has 2 atom stereocenters. The number of carbonyl (C=O) groups is 1. The summed E-state index contributed by atoms with van der Waals surface area (Å²) in [5.41, 5.74) is 0. The maximum atomic E-state index is 11.4. The van der Waals surface area contributed by atoms with Gasteiger partial charge in [-0.2, -0.15) is 0 Å². The highest BCUT2D eigenvalue weighted by Crippen LogP contribution is 2.32. The number of rotatable bonds is 3. The van der Waals surface area contributed by atoms with Gasteiger partial charge in [-0.05, 0) is 38.5 Å². The van der Waals surface area contributed by atoms with Gasteiger partial charge in [-0.3, -0.25) is 4.79 Å². The SMILES string of the molecule is CC(NC1CCCNC1=O)C1CC1. The Bertz CT molecular complexity index is 201. The Morgan fingerprint density at radius 1 is 1.46 bits per heavy atom. The van der Waals surface area contributed by atoms with E-state index in [-0.39, 0.29) is 11.9 Å². The summed E-state index contributed by atoms with van der Waals surface area (Å²) in [6.45, 7) is 3.05. The molecule has 2 aliphatic rings. The van der Waals surface area contributed by atoms with Gasteiger partial charge in [0, 0.05) is 12.6 Å². The summed E-state index contributed by atoms with van der Waals surface area (Å²) >= 11 is 0. The molecular formula is C10H18N2O. The van der Waals surface area contributed by atoms with Gasteiger partial charge in [0.1, 0.15) is 0 Å². The second-order valence-corrected chi connectivity index (χ2v) is 4.28. The average molecular weight is 182 g/mol. The summed E-state index contributed by atoms with van der Waals surface area (Å²) < 4.78 is 0. The Morgan fingerprint density at radius 2 is 2.23 bits per heavy atom. The third-order valence-corrected chi connectivity index (χ3v) is 3.08. The van der Waals surface area contributed by atoms with Crippen LogP contribution in [0.3, 0.4) is 0 Å². The van der Waals surface area contributed by atoms with Crippen LogP contribution in [0.2, 0.25) is 0 Å². The number of piperidine rings is 1. The van der Waals surface area contributed by atoms with Gasteiger partial charge in [-0.25, -0.2) is 0 Å². The molecule has 1 aliphatic carbocycles. The van der Waals surface area contributed by atoms with Crippen LogP contribution in [0.15, 0.2) is 0 Å². The molecule has 0 aromatic rings. The number of nitrogens with one attached hydrogen (secondary N) is 2. The van der Waals surface area contributed by atoms with Crippen molar-refractivity contribution in [2.75, 3.05) is 6.54 Å². The molecule has 0 bridgehead atoms. The van der Waals surface area contributed by atoms with Crippen molar-refractivity contribution in [3.8, 4) is 0 Å². The van der Waals surface area contributed by atoms with Crippen LogP contribution in [0.25, 0.3) is 0 Å². The first kappa shape index (κ1) is 9.00. The van der Waals surface area contributed by atoms with Gasteiger partial charge in [0.2, 0.25) is 5.91 Å². The van der Waals surface area contributed by atoms with Crippen LogP contribution in [0.4, 0.5) is 0 Å². The Balaban J connectivity index is 1.81. The molecule has 0 radical (unpaired) electrons. The van der Waals surface area contributed by atoms with Crippen molar-refractivity contribution in [1.29, 1.82) is 0 Å². The molecule has 13 heavy (non-hydrogen) atoms. The predicted octanol–water partition coefficient (Wildman–Crippen LogP) is 0.653. The van der Waals surface area contributed by atoms with E-state index in [1.807, 2.05) is 0 Å². The lowest BCUT2D eigenvalue weighted by atomic mass is 10.0. The zero-order valence-electron chi connectivity index (χ0n) is 8.18. The van der Waals surface area contributed by atoms with E-state index in [1.165, 1.54) is 12.8 Å². The number of hydrogen-bond acceptors (Lipinski definition) is 2. The van der Waals surface area contributed by atoms with Crippen molar-refractivity contribution in [3.63, 3.8) is 0 Å². The first-order valence-electron chi connectivity index (χ1n) is 5.31. The van der Waals surface area contributed by atoms with E-state index in [9.17, 15) is 4.79 Å². The van der Waals surface area contributed by atoms with Crippen LogP contribution in [-0.2, 0) is 4.79 Å². The molecule has 2 fully saturated rings. The normalized spacial score (nSPS) is 31.2. The average Bonchev–Trinajstić information content (AvgIpc) is 2.91.